The van der Waals surface area contributed by atoms with Crippen LogP contribution in [-0.4, -0.2) is 41.9 Å². The molecule has 0 bridgehead atoms. The third kappa shape index (κ3) is 4.34. The number of rotatable bonds is 5. The Morgan fingerprint density at radius 2 is 1.94 bits per heavy atom. The molecule has 0 fully saturated rings. The van der Waals surface area contributed by atoms with Crippen LogP contribution in [0.3, 0.4) is 0 Å². The predicted octanol–water partition coefficient (Wildman–Crippen LogP) is 4.95. The number of aromatic nitrogens is 5. The third-order valence-electron chi connectivity index (χ3n) is 4.77. The van der Waals surface area contributed by atoms with Gasteiger partial charge in [-0.3, -0.25) is 4.79 Å². The molecule has 0 saturated heterocycles. The highest BCUT2D eigenvalue weighted by molar-refractivity contribution is 9.10. The summed E-state index contributed by atoms with van der Waals surface area (Å²) in [5.41, 5.74) is 2.05. The first-order valence-corrected chi connectivity index (χ1v) is 10.8. The Bertz CT molecular complexity index is 1420. The lowest BCUT2D eigenvalue weighted by Crippen LogP contribution is -2.19. The summed E-state index contributed by atoms with van der Waals surface area (Å²) in [5, 5.41) is 20.3. The predicted molar refractivity (Wildman–Crippen MR) is 123 cm³/mol. The first-order chi connectivity index (χ1) is 15.7. The summed E-state index contributed by atoms with van der Waals surface area (Å²) in [6.07, 6.45) is 1.53. The number of carbonyl (C=O) groups is 2. The number of halogens is 3. The van der Waals surface area contributed by atoms with Crippen molar-refractivity contribution in [2.24, 2.45) is 0 Å². The Kier molecular flexibility index (Phi) is 6.19. The van der Waals surface area contributed by atoms with Gasteiger partial charge in [-0.1, -0.05) is 23.2 Å². The van der Waals surface area contributed by atoms with Crippen LogP contribution < -0.4 is 5.32 Å². The lowest BCUT2D eigenvalue weighted by molar-refractivity contribution is 0.0680. The molecule has 0 atom stereocenters. The summed E-state index contributed by atoms with van der Waals surface area (Å²) >= 11 is 15.8. The van der Waals surface area contributed by atoms with E-state index in [1.165, 1.54) is 23.0 Å². The van der Waals surface area contributed by atoms with E-state index in [9.17, 15) is 9.59 Å². The van der Waals surface area contributed by atoms with Gasteiger partial charge in [0, 0.05) is 17.3 Å². The van der Waals surface area contributed by atoms with E-state index in [-0.39, 0.29) is 23.0 Å². The van der Waals surface area contributed by atoms with Crippen molar-refractivity contribution in [2.45, 2.75) is 13.8 Å². The zero-order valence-corrected chi connectivity index (χ0v) is 20.0. The summed E-state index contributed by atoms with van der Waals surface area (Å²) < 4.78 is 6.79. The molecule has 4 aromatic rings. The van der Waals surface area contributed by atoms with E-state index in [1.54, 1.807) is 26.0 Å². The Balaban J connectivity index is 1.80. The van der Waals surface area contributed by atoms with Gasteiger partial charge in [0.05, 0.1) is 16.3 Å². The minimum Gasteiger partial charge on any atom is -0.475 e. The molecule has 0 aliphatic rings. The minimum atomic E-state index is -1.36. The van der Waals surface area contributed by atoms with Crippen LogP contribution in [0.25, 0.3) is 17.3 Å². The van der Waals surface area contributed by atoms with Gasteiger partial charge in [-0.15, -0.1) is 0 Å². The summed E-state index contributed by atoms with van der Waals surface area (Å²) in [4.78, 5) is 32.6. The molecule has 1 aromatic carbocycles. The van der Waals surface area contributed by atoms with E-state index in [2.05, 4.69) is 41.5 Å². The van der Waals surface area contributed by atoms with Crippen molar-refractivity contribution in [1.29, 1.82) is 0 Å². The van der Waals surface area contributed by atoms with Crippen molar-refractivity contribution in [3.05, 3.63) is 67.8 Å². The van der Waals surface area contributed by atoms with Crippen molar-refractivity contribution < 1.29 is 19.2 Å². The fourth-order valence-corrected chi connectivity index (χ4v) is 3.84. The summed E-state index contributed by atoms with van der Waals surface area (Å²) in [6, 6.07) is 6.31. The number of pyridine rings is 1. The molecule has 0 aliphatic heterocycles. The van der Waals surface area contributed by atoms with Gasteiger partial charge in [0.25, 0.3) is 17.6 Å². The van der Waals surface area contributed by atoms with Crippen LogP contribution in [-0.2, 0) is 0 Å². The highest BCUT2D eigenvalue weighted by atomic mass is 79.9. The van der Waals surface area contributed by atoms with Crippen LogP contribution in [0.5, 0.6) is 0 Å². The molecule has 0 aliphatic carbocycles. The second-order valence-corrected chi connectivity index (χ2v) is 8.41. The molecular formula is C20H13BrCl2N6O4. The van der Waals surface area contributed by atoms with Crippen molar-refractivity contribution in [1.82, 2.24) is 24.9 Å². The smallest absolute Gasteiger partial charge is 0.377 e. The van der Waals surface area contributed by atoms with Crippen LogP contribution in [0.4, 0.5) is 5.69 Å². The molecule has 13 heteroatoms. The van der Waals surface area contributed by atoms with Gasteiger partial charge in [-0.25, -0.2) is 14.5 Å². The van der Waals surface area contributed by atoms with Gasteiger partial charge in [0.15, 0.2) is 5.82 Å². The zero-order valence-electron chi connectivity index (χ0n) is 16.9. The van der Waals surface area contributed by atoms with E-state index in [0.717, 1.165) is 0 Å². The van der Waals surface area contributed by atoms with Gasteiger partial charge in [-0.05, 0) is 64.3 Å². The molecule has 0 saturated carbocycles. The molecule has 2 N–H and O–H groups in total. The van der Waals surface area contributed by atoms with Crippen molar-refractivity contribution in [3.8, 4) is 17.3 Å². The van der Waals surface area contributed by atoms with Crippen LogP contribution in [0.1, 0.15) is 32.2 Å². The molecule has 0 unspecified atom stereocenters. The number of benzene rings is 1. The lowest BCUT2D eigenvalue weighted by atomic mass is 10.0. The molecule has 33 heavy (non-hydrogen) atoms. The van der Waals surface area contributed by atoms with Gasteiger partial charge < -0.3 is 14.9 Å². The number of carboxylic acids is 1. The maximum absolute atomic E-state index is 13.3. The average molecular weight is 552 g/mol. The summed E-state index contributed by atoms with van der Waals surface area (Å²) in [6.45, 7) is 3.53. The number of anilines is 1. The topological polar surface area (TPSA) is 136 Å². The van der Waals surface area contributed by atoms with E-state index in [1.807, 2.05) is 0 Å². The molecule has 3 aromatic heterocycles. The van der Waals surface area contributed by atoms with Crippen molar-refractivity contribution in [2.75, 3.05) is 5.32 Å². The fourth-order valence-electron chi connectivity index (χ4n) is 3.01. The Morgan fingerprint density at radius 3 is 2.61 bits per heavy atom. The van der Waals surface area contributed by atoms with Gasteiger partial charge in [0.1, 0.15) is 10.3 Å². The third-order valence-corrected chi connectivity index (χ3v) is 5.85. The molecule has 4 rings (SSSR count). The quantitative estimate of drug-likeness (QED) is 0.355. The first-order valence-electron chi connectivity index (χ1n) is 9.22. The van der Waals surface area contributed by atoms with Gasteiger partial charge in [0.2, 0.25) is 0 Å². The molecule has 0 radical (unpaired) electrons. The highest BCUT2D eigenvalue weighted by Crippen LogP contribution is 2.36. The zero-order chi connectivity index (χ0) is 23.9. The average Bonchev–Trinajstić information content (AvgIpc) is 3.41. The fraction of sp³-hybridized carbons (Fsp3) is 0.100. The number of carboxylic acid groups (broad SMARTS) is 1. The monoisotopic (exact) mass is 550 g/mol. The van der Waals surface area contributed by atoms with Crippen LogP contribution >= 0.6 is 39.1 Å². The maximum atomic E-state index is 13.3. The Morgan fingerprint density at radius 1 is 1.18 bits per heavy atom. The largest absolute Gasteiger partial charge is 0.475 e. The molecule has 1 amide bonds. The summed E-state index contributed by atoms with van der Waals surface area (Å²) in [5.74, 6) is -2.27. The van der Waals surface area contributed by atoms with Gasteiger partial charge >= 0.3 is 5.97 Å². The highest BCUT2D eigenvalue weighted by Gasteiger charge is 2.24. The molecular weight excluding hydrogens is 539 g/mol. The van der Waals surface area contributed by atoms with Crippen LogP contribution in [0.15, 0.2) is 39.6 Å². The second-order valence-electron chi connectivity index (χ2n) is 6.79. The van der Waals surface area contributed by atoms with E-state index in [4.69, 9.17) is 32.8 Å². The van der Waals surface area contributed by atoms with E-state index >= 15 is 0 Å². The number of nitrogens with zero attached hydrogens (tertiary/aromatic N) is 5. The van der Waals surface area contributed by atoms with Crippen molar-refractivity contribution in [3.63, 3.8) is 0 Å². The maximum Gasteiger partial charge on any atom is 0.377 e. The molecule has 3 heterocycles. The van der Waals surface area contributed by atoms with Crippen LogP contribution in [0.2, 0.25) is 10.0 Å². The van der Waals surface area contributed by atoms with E-state index in [0.29, 0.717) is 31.5 Å². The summed E-state index contributed by atoms with van der Waals surface area (Å²) in [7, 11) is 0. The number of hydrogen-bond acceptors (Lipinski definition) is 7. The Labute approximate surface area is 204 Å². The van der Waals surface area contributed by atoms with Crippen LogP contribution in [0, 0.1) is 13.8 Å². The first kappa shape index (κ1) is 22.9. The molecule has 0 spiro atoms. The normalized spacial score (nSPS) is 10.9. The number of hydrogen-bond donors (Lipinski definition) is 2. The number of nitrogens with one attached hydrogen (secondary N) is 1. The number of amides is 1. The van der Waals surface area contributed by atoms with E-state index < -0.39 is 17.7 Å². The molecule has 168 valence electrons. The number of carbonyl (C=O) groups excluding carboxylic acids is 1. The standard InChI is InChI=1S/C20H13BrCl2N6O4/c1-8-9(2)15(10(6-12(8)23)19-26-16(20(31)32)28-33-19)25-18(30)13-7-14(21)27-29(13)17-11(22)4-3-5-24-17/h3-7H,1-2H3,(H,25,30)(H,31,32). The molecule has 10 nitrogen and oxygen atoms in total. The van der Waals surface area contributed by atoms with Gasteiger partial charge in [-0.2, -0.15) is 10.1 Å². The Hall–Kier alpha value is -3.28. The lowest BCUT2D eigenvalue weighted by Gasteiger charge is -2.16. The minimum absolute atomic E-state index is 0.116. The second kappa shape index (κ2) is 8.93. The SMILES string of the molecule is Cc1c(Cl)cc(-c2nc(C(=O)O)no2)c(NC(=O)c2cc(Br)nn2-c2ncccc2Cl)c1C. The van der Waals surface area contributed by atoms with Crippen molar-refractivity contribution >= 4 is 56.7 Å². The number of aromatic carboxylic acids is 1.